The minimum absolute atomic E-state index is 0.0145. The first-order valence-electron chi connectivity index (χ1n) is 8.65. The highest BCUT2D eigenvalue weighted by molar-refractivity contribution is 7.89. The molecule has 0 saturated heterocycles. The number of aryl methyl sites for hydroxylation is 1. The molecule has 9 heteroatoms. The van der Waals surface area contributed by atoms with Crippen LogP contribution in [0.25, 0.3) is 0 Å². The van der Waals surface area contributed by atoms with Crippen molar-refractivity contribution in [1.29, 1.82) is 0 Å². The van der Waals surface area contributed by atoms with Crippen molar-refractivity contribution >= 4 is 10.0 Å². The first-order valence-corrected chi connectivity index (χ1v) is 10.1. The maximum absolute atomic E-state index is 12.8. The molecular formula is C17H24N4O4S. The van der Waals surface area contributed by atoms with E-state index in [-0.39, 0.29) is 16.9 Å². The zero-order chi connectivity index (χ0) is 18.7. The lowest BCUT2D eigenvalue weighted by Gasteiger charge is -2.37. The quantitative estimate of drug-likeness (QED) is 0.719. The van der Waals surface area contributed by atoms with Crippen LogP contribution in [0.4, 0.5) is 0 Å². The number of methoxy groups -OCH3 is 1. The van der Waals surface area contributed by atoms with E-state index < -0.39 is 16.1 Å². The molecule has 0 amide bonds. The van der Waals surface area contributed by atoms with Gasteiger partial charge in [0, 0.05) is 25.0 Å². The molecule has 0 unspecified atom stereocenters. The summed E-state index contributed by atoms with van der Waals surface area (Å²) >= 11 is 0. The van der Waals surface area contributed by atoms with Crippen molar-refractivity contribution in [3.8, 4) is 5.88 Å². The van der Waals surface area contributed by atoms with Crippen LogP contribution in [-0.4, -0.2) is 41.5 Å². The van der Waals surface area contributed by atoms with Crippen LogP contribution >= 0.6 is 0 Å². The fourth-order valence-corrected chi connectivity index (χ4v) is 4.35. The summed E-state index contributed by atoms with van der Waals surface area (Å²) in [6, 6.07) is 3.03. The number of rotatable bonds is 8. The molecule has 0 aromatic carbocycles. The number of nitrogens with one attached hydrogen (secondary N) is 1. The number of sulfonamides is 1. The van der Waals surface area contributed by atoms with Gasteiger partial charge in [-0.1, -0.05) is 13.0 Å². The van der Waals surface area contributed by atoms with Gasteiger partial charge in [-0.25, -0.2) is 18.1 Å². The van der Waals surface area contributed by atoms with Gasteiger partial charge in [0.1, 0.15) is 4.90 Å². The van der Waals surface area contributed by atoms with Gasteiger partial charge in [-0.15, -0.1) is 0 Å². The second-order valence-corrected chi connectivity index (χ2v) is 8.27. The Bertz CT molecular complexity index is 829. The Kier molecular flexibility index (Phi) is 5.59. The predicted octanol–water partition coefficient (Wildman–Crippen LogP) is 1.49. The molecule has 1 fully saturated rings. The fourth-order valence-electron chi connectivity index (χ4n) is 3.10. The number of hydrogen-bond donors (Lipinski definition) is 2. The molecule has 142 valence electrons. The molecular weight excluding hydrogens is 356 g/mol. The predicted molar refractivity (Wildman–Crippen MR) is 95.1 cm³/mol. The number of aliphatic hydroxyl groups excluding tert-OH is 1. The molecule has 1 aliphatic carbocycles. The summed E-state index contributed by atoms with van der Waals surface area (Å²) < 4.78 is 35.1. The molecule has 0 bridgehead atoms. The monoisotopic (exact) mass is 380 g/mol. The van der Waals surface area contributed by atoms with Gasteiger partial charge in [-0.3, -0.25) is 4.68 Å². The summed E-state index contributed by atoms with van der Waals surface area (Å²) in [6.07, 6.45) is 6.08. The molecule has 2 aromatic heterocycles. The van der Waals surface area contributed by atoms with Gasteiger partial charge < -0.3 is 9.84 Å². The van der Waals surface area contributed by atoms with Crippen LogP contribution in [-0.2, 0) is 16.6 Å². The Hall–Kier alpha value is -1.97. The van der Waals surface area contributed by atoms with Crippen LogP contribution < -0.4 is 9.46 Å². The second-order valence-electron chi connectivity index (χ2n) is 6.56. The van der Waals surface area contributed by atoms with Gasteiger partial charge in [-0.2, -0.15) is 5.10 Å². The van der Waals surface area contributed by atoms with Crippen LogP contribution in [0, 0.1) is 5.92 Å². The van der Waals surface area contributed by atoms with Gasteiger partial charge >= 0.3 is 0 Å². The van der Waals surface area contributed by atoms with Crippen LogP contribution in [0.15, 0.2) is 35.6 Å². The van der Waals surface area contributed by atoms with Crippen LogP contribution in [0.1, 0.15) is 37.8 Å². The fraction of sp³-hybridized carbons (Fsp3) is 0.529. The minimum Gasteiger partial charge on any atom is -0.481 e. The Labute approximate surface area is 153 Å². The number of hydrogen-bond acceptors (Lipinski definition) is 6. The van der Waals surface area contributed by atoms with Crippen molar-refractivity contribution in [2.75, 3.05) is 7.11 Å². The molecule has 0 spiro atoms. The van der Waals surface area contributed by atoms with E-state index in [1.807, 2.05) is 6.92 Å². The molecule has 1 atom stereocenters. The molecule has 1 aliphatic rings. The lowest BCUT2D eigenvalue weighted by molar-refractivity contribution is 0.0279. The van der Waals surface area contributed by atoms with E-state index in [0.29, 0.717) is 25.3 Å². The smallest absolute Gasteiger partial charge is 0.244 e. The number of aromatic nitrogens is 3. The Morgan fingerprint density at radius 2 is 2.15 bits per heavy atom. The van der Waals surface area contributed by atoms with Crippen molar-refractivity contribution in [3.05, 3.63) is 36.3 Å². The standard InChI is InChI=1S/C17H24N4O4S/c1-3-6-21-11-15(10-19-21)26(23,24)20-17(13-7-14(22)8-13)12-4-5-16(25-2)18-9-12/h4-5,9-11,13-14,17,20,22H,3,6-8H2,1-2H3/t13?,14?,17-/m0/s1. The van der Waals surface area contributed by atoms with Gasteiger partial charge in [-0.05, 0) is 30.7 Å². The van der Waals surface area contributed by atoms with Gasteiger partial charge in [0.15, 0.2) is 0 Å². The first kappa shape index (κ1) is 18.8. The van der Waals surface area contributed by atoms with Crippen molar-refractivity contribution in [2.45, 2.75) is 49.8 Å². The molecule has 1 saturated carbocycles. The van der Waals surface area contributed by atoms with Crippen molar-refractivity contribution in [3.63, 3.8) is 0 Å². The third-order valence-corrected chi connectivity index (χ3v) is 6.00. The molecule has 2 N–H and O–H groups in total. The number of pyridine rings is 1. The molecule has 8 nitrogen and oxygen atoms in total. The van der Waals surface area contributed by atoms with E-state index in [9.17, 15) is 13.5 Å². The highest BCUT2D eigenvalue weighted by atomic mass is 32.2. The molecule has 3 rings (SSSR count). The van der Waals surface area contributed by atoms with E-state index in [4.69, 9.17) is 4.74 Å². The lowest BCUT2D eigenvalue weighted by atomic mass is 9.76. The molecule has 2 heterocycles. The average Bonchev–Trinajstić information content (AvgIpc) is 3.07. The maximum atomic E-state index is 12.8. The normalized spacial score (nSPS) is 21.2. The van der Waals surface area contributed by atoms with Gasteiger partial charge in [0.25, 0.3) is 0 Å². The van der Waals surface area contributed by atoms with E-state index in [1.54, 1.807) is 23.0 Å². The van der Waals surface area contributed by atoms with E-state index in [1.165, 1.54) is 19.5 Å². The Morgan fingerprint density at radius 3 is 2.73 bits per heavy atom. The van der Waals surface area contributed by atoms with Crippen LogP contribution in [0.2, 0.25) is 0 Å². The van der Waals surface area contributed by atoms with E-state index in [0.717, 1.165) is 12.0 Å². The van der Waals surface area contributed by atoms with Crippen LogP contribution in [0.5, 0.6) is 5.88 Å². The zero-order valence-corrected chi connectivity index (χ0v) is 15.7. The molecule has 0 radical (unpaired) electrons. The highest BCUT2D eigenvalue weighted by Gasteiger charge is 2.37. The number of ether oxygens (including phenoxy) is 1. The van der Waals surface area contributed by atoms with Crippen molar-refractivity contribution in [2.24, 2.45) is 5.92 Å². The number of nitrogens with zero attached hydrogens (tertiary/aromatic N) is 3. The molecule has 2 aromatic rings. The Balaban J connectivity index is 1.84. The summed E-state index contributed by atoms with van der Waals surface area (Å²) in [4.78, 5) is 4.31. The third kappa shape index (κ3) is 4.05. The second kappa shape index (κ2) is 7.73. The van der Waals surface area contributed by atoms with Gasteiger partial charge in [0.05, 0.1) is 25.5 Å². The summed E-state index contributed by atoms with van der Waals surface area (Å²) in [7, 11) is -2.21. The van der Waals surface area contributed by atoms with Crippen molar-refractivity contribution in [1.82, 2.24) is 19.5 Å². The summed E-state index contributed by atoms with van der Waals surface area (Å²) in [5.41, 5.74) is 0.743. The summed E-state index contributed by atoms with van der Waals surface area (Å²) in [5.74, 6) is 0.477. The van der Waals surface area contributed by atoms with Crippen LogP contribution in [0.3, 0.4) is 0 Å². The highest BCUT2D eigenvalue weighted by Crippen LogP contribution is 2.39. The largest absolute Gasteiger partial charge is 0.481 e. The summed E-state index contributed by atoms with van der Waals surface area (Å²) in [6.45, 7) is 2.67. The van der Waals surface area contributed by atoms with Crippen molar-refractivity contribution < 1.29 is 18.3 Å². The zero-order valence-electron chi connectivity index (χ0n) is 14.9. The Morgan fingerprint density at radius 1 is 1.38 bits per heavy atom. The van der Waals surface area contributed by atoms with E-state index >= 15 is 0 Å². The first-order chi connectivity index (χ1) is 12.4. The molecule has 26 heavy (non-hydrogen) atoms. The lowest BCUT2D eigenvalue weighted by Crippen LogP contribution is -2.41. The van der Waals surface area contributed by atoms with Gasteiger partial charge in [0.2, 0.25) is 15.9 Å². The summed E-state index contributed by atoms with van der Waals surface area (Å²) in [5, 5.41) is 13.7. The third-order valence-electron chi connectivity index (χ3n) is 4.60. The molecule has 0 aliphatic heterocycles. The van der Waals surface area contributed by atoms with E-state index in [2.05, 4.69) is 14.8 Å². The minimum atomic E-state index is -3.73. The maximum Gasteiger partial charge on any atom is 0.244 e. The average molecular weight is 380 g/mol. The number of aliphatic hydroxyl groups is 1. The SMILES string of the molecule is CCCn1cc(S(=O)(=O)N[C@@H](c2ccc(OC)nc2)C2CC(O)C2)cn1. The topological polar surface area (TPSA) is 106 Å².